The number of hydrogen-bond acceptors (Lipinski definition) is 9. The Labute approximate surface area is 243 Å². The third-order valence-corrected chi connectivity index (χ3v) is 9.47. The molecule has 0 bridgehead atoms. The number of amides is 1. The van der Waals surface area contributed by atoms with Crippen LogP contribution in [0.1, 0.15) is 36.0 Å². The summed E-state index contributed by atoms with van der Waals surface area (Å²) in [6.07, 6.45) is 2.72. The molecule has 1 aliphatic heterocycles. The number of aromatic hydroxyl groups is 1. The summed E-state index contributed by atoms with van der Waals surface area (Å²) in [5, 5.41) is 45.1. The molecule has 1 heterocycles. The molecule has 10 heteroatoms. The van der Waals surface area contributed by atoms with E-state index in [1.165, 1.54) is 29.4 Å². The van der Waals surface area contributed by atoms with E-state index in [1.807, 2.05) is 12.1 Å². The number of primary amides is 1. The Hall–Kier alpha value is -3.99. The van der Waals surface area contributed by atoms with Gasteiger partial charge in [0, 0.05) is 18.0 Å². The van der Waals surface area contributed by atoms with E-state index in [9.17, 15) is 34.8 Å². The van der Waals surface area contributed by atoms with Crippen molar-refractivity contribution in [3.63, 3.8) is 0 Å². The number of likely N-dealkylation sites (tertiary alicyclic amines) is 1. The minimum atomic E-state index is -2.65. The molecule has 4 aliphatic rings. The van der Waals surface area contributed by atoms with Gasteiger partial charge < -0.3 is 26.2 Å². The summed E-state index contributed by atoms with van der Waals surface area (Å²) in [5.41, 5.74) is 5.35. The standard InChI is InChI=1S/C32H35N3O7/c1-34(2)26-21-14-18-13-20-19(17-7-5-16(6-8-17)15-35-11-3-4-12-35)9-10-22(36)24(20)27(37)23(18)29(39)32(21,42)30(40)25(28(26)38)31(33)41/h5-10,18,21,26,36-37,40,42H,3-4,11-15H2,1-2H3,(H2,33,41)/t18-,21-,26+,32+/m1/s1. The van der Waals surface area contributed by atoms with Crippen LogP contribution in [-0.4, -0.2) is 86.5 Å². The Morgan fingerprint density at radius 3 is 2.33 bits per heavy atom. The highest BCUT2D eigenvalue weighted by Gasteiger charge is 2.64. The molecule has 1 amide bonds. The topological polar surface area (TPSA) is 165 Å². The molecule has 42 heavy (non-hydrogen) atoms. The van der Waals surface area contributed by atoms with E-state index in [1.54, 1.807) is 20.2 Å². The van der Waals surface area contributed by atoms with Crippen molar-refractivity contribution in [3.05, 3.63) is 70.0 Å². The van der Waals surface area contributed by atoms with E-state index in [4.69, 9.17) is 5.73 Å². The molecule has 10 nitrogen and oxygen atoms in total. The van der Waals surface area contributed by atoms with Crippen LogP contribution in [0.2, 0.25) is 0 Å². The summed E-state index contributed by atoms with van der Waals surface area (Å²) in [6.45, 7) is 3.06. The van der Waals surface area contributed by atoms with Crippen molar-refractivity contribution < 1.29 is 34.8 Å². The number of nitrogens with zero attached hydrogens (tertiary/aromatic N) is 2. The van der Waals surface area contributed by atoms with Crippen LogP contribution in [0.4, 0.5) is 0 Å². The van der Waals surface area contributed by atoms with Crippen molar-refractivity contribution in [2.24, 2.45) is 17.6 Å². The average Bonchev–Trinajstić information content (AvgIpc) is 3.44. The van der Waals surface area contributed by atoms with E-state index >= 15 is 0 Å². The maximum atomic E-state index is 14.0. The first kappa shape index (κ1) is 28.1. The molecule has 1 saturated heterocycles. The van der Waals surface area contributed by atoms with Gasteiger partial charge >= 0.3 is 0 Å². The molecule has 0 aromatic heterocycles. The number of hydrogen-bond donors (Lipinski definition) is 5. The number of nitrogens with two attached hydrogens (primary N) is 1. The lowest BCUT2D eigenvalue weighted by Crippen LogP contribution is -2.65. The second-order valence-corrected chi connectivity index (χ2v) is 12.1. The number of phenols is 1. The van der Waals surface area contributed by atoms with Gasteiger partial charge in [-0.25, -0.2) is 0 Å². The predicted molar refractivity (Wildman–Crippen MR) is 154 cm³/mol. The Kier molecular flexibility index (Phi) is 6.75. The Bertz CT molecular complexity index is 1570. The third-order valence-electron chi connectivity index (χ3n) is 9.47. The number of fused-ring (bicyclic) bond motifs is 3. The second-order valence-electron chi connectivity index (χ2n) is 12.1. The molecule has 6 rings (SSSR count). The SMILES string of the molecule is CN(C)[C@@H]1C(=O)C(C(N)=O)=C(O)[C@@]2(O)C(=O)C3=C(O)c4c(O)ccc(-c5ccc(CN6CCCC6)cc5)c4C[C@@H]3C[C@H]12. The maximum Gasteiger partial charge on any atom is 0.255 e. The van der Waals surface area contributed by atoms with Crippen molar-refractivity contribution in [1.29, 1.82) is 0 Å². The van der Waals surface area contributed by atoms with Crippen LogP contribution in [0.5, 0.6) is 5.75 Å². The summed E-state index contributed by atoms with van der Waals surface area (Å²) < 4.78 is 0. The van der Waals surface area contributed by atoms with Gasteiger partial charge in [0.25, 0.3) is 5.91 Å². The molecule has 0 unspecified atom stereocenters. The first-order valence-electron chi connectivity index (χ1n) is 14.3. The highest BCUT2D eigenvalue weighted by atomic mass is 16.3. The minimum Gasteiger partial charge on any atom is -0.508 e. The lowest BCUT2D eigenvalue weighted by atomic mass is 9.57. The van der Waals surface area contributed by atoms with Crippen molar-refractivity contribution in [1.82, 2.24) is 9.80 Å². The van der Waals surface area contributed by atoms with Crippen molar-refractivity contribution in [2.45, 2.75) is 43.9 Å². The number of Topliss-reactive ketones (excluding diaryl/α,β-unsaturated/α-hetero) is 2. The number of likely N-dealkylation sites (N-methyl/N-ethyl adjacent to an activating group) is 1. The van der Waals surface area contributed by atoms with Gasteiger partial charge in [0.15, 0.2) is 11.4 Å². The smallest absolute Gasteiger partial charge is 0.255 e. The highest BCUT2D eigenvalue weighted by molar-refractivity contribution is 6.24. The fourth-order valence-corrected chi connectivity index (χ4v) is 7.50. The second kappa shape index (κ2) is 10.1. The van der Waals surface area contributed by atoms with Gasteiger partial charge in [-0.3, -0.25) is 24.2 Å². The van der Waals surface area contributed by atoms with Gasteiger partial charge in [-0.2, -0.15) is 0 Å². The van der Waals surface area contributed by atoms with Crippen LogP contribution < -0.4 is 5.73 Å². The Morgan fingerprint density at radius 1 is 1.05 bits per heavy atom. The first-order chi connectivity index (χ1) is 19.9. The van der Waals surface area contributed by atoms with Gasteiger partial charge in [0.1, 0.15) is 22.8 Å². The first-order valence-corrected chi connectivity index (χ1v) is 14.3. The monoisotopic (exact) mass is 573 g/mol. The number of rotatable bonds is 5. The molecule has 4 atom stereocenters. The van der Waals surface area contributed by atoms with Crippen LogP contribution in [0.25, 0.3) is 16.9 Å². The van der Waals surface area contributed by atoms with Gasteiger partial charge in [-0.05, 0) is 87.1 Å². The summed E-state index contributed by atoms with van der Waals surface area (Å²) in [6, 6.07) is 10.3. The van der Waals surface area contributed by atoms with Crippen LogP contribution in [0, 0.1) is 11.8 Å². The van der Waals surface area contributed by atoms with Crippen LogP contribution in [0.3, 0.4) is 0 Å². The number of ketones is 2. The minimum absolute atomic E-state index is 0.0512. The molecule has 2 fully saturated rings. The molecule has 220 valence electrons. The number of phenolic OH excluding ortho intramolecular Hbond substituents is 1. The predicted octanol–water partition coefficient (Wildman–Crippen LogP) is 2.23. The van der Waals surface area contributed by atoms with E-state index in [0.717, 1.165) is 30.8 Å². The van der Waals surface area contributed by atoms with Gasteiger partial charge in [0.2, 0.25) is 5.78 Å². The number of aliphatic hydroxyl groups excluding tert-OH is 2. The normalized spacial score (nSPS) is 27.8. The van der Waals surface area contributed by atoms with E-state index < -0.39 is 58.0 Å². The largest absolute Gasteiger partial charge is 0.508 e. The zero-order valence-corrected chi connectivity index (χ0v) is 23.6. The lowest BCUT2D eigenvalue weighted by Gasteiger charge is -2.50. The molecule has 2 aromatic rings. The molecular weight excluding hydrogens is 538 g/mol. The van der Waals surface area contributed by atoms with E-state index in [2.05, 4.69) is 17.0 Å². The zero-order chi connectivity index (χ0) is 30.1. The molecule has 6 N–H and O–H groups in total. The van der Waals surface area contributed by atoms with Crippen LogP contribution >= 0.6 is 0 Å². The van der Waals surface area contributed by atoms with Crippen molar-refractivity contribution in [2.75, 3.05) is 27.2 Å². The average molecular weight is 574 g/mol. The van der Waals surface area contributed by atoms with Crippen molar-refractivity contribution in [3.8, 4) is 16.9 Å². The quantitative estimate of drug-likeness (QED) is 0.337. The third kappa shape index (κ3) is 4.08. The fraction of sp³-hybridized carbons (Fsp3) is 0.406. The van der Waals surface area contributed by atoms with E-state index in [-0.39, 0.29) is 29.7 Å². The van der Waals surface area contributed by atoms with Gasteiger partial charge in [0.05, 0.1) is 11.6 Å². The molecular formula is C32H35N3O7. The molecule has 2 aromatic carbocycles. The summed E-state index contributed by atoms with van der Waals surface area (Å²) >= 11 is 0. The zero-order valence-electron chi connectivity index (χ0n) is 23.6. The molecule has 3 aliphatic carbocycles. The Morgan fingerprint density at radius 2 is 1.71 bits per heavy atom. The summed E-state index contributed by atoms with van der Waals surface area (Å²) in [7, 11) is 3.16. The molecule has 0 radical (unpaired) electrons. The summed E-state index contributed by atoms with van der Waals surface area (Å²) in [4.78, 5) is 43.3. The molecule has 0 spiro atoms. The fourth-order valence-electron chi connectivity index (χ4n) is 7.50. The summed E-state index contributed by atoms with van der Waals surface area (Å²) in [5.74, 6) is -6.59. The van der Waals surface area contributed by atoms with Gasteiger partial charge in [-0.1, -0.05) is 30.3 Å². The van der Waals surface area contributed by atoms with Crippen LogP contribution in [-0.2, 0) is 27.3 Å². The van der Waals surface area contributed by atoms with E-state index in [0.29, 0.717) is 5.56 Å². The van der Waals surface area contributed by atoms with Gasteiger partial charge in [-0.15, -0.1) is 0 Å². The maximum absolute atomic E-state index is 14.0. The molecule has 1 saturated carbocycles. The number of carbonyl (C=O) groups is 3. The Balaban J connectivity index is 1.45. The number of carbonyl (C=O) groups excluding carboxylic acids is 3. The highest BCUT2D eigenvalue weighted by Crippen LogP contribution is 2.53. The van der Waals surface area contributed by atoms with Crippen LogP contribution in [0.15, 0.2) is 53.3 Å². The van der Waals surface area contributed by atoms with Crippen molar-refractivity contribution >= 4 is 23.2 Å². The lowest BCUT2D eigenvalue weighted by molar-refractivity contribution is -0.153. The number of aliphatic hydroxyl groups is 3. The number of benzene rings is 2.